The third-order valence-electron chi connectivity index (χ3n) is 9.20. The van der Waals surface area contributed by atoms with E-state index in [0.717, 1.165) is 17.2 Å². The molecule has 57 heavy (non-hydrogen) atoms. The number of allylic oxidation sites excluding steroid dienone is 1. The summed E-state index contributed by atoms with van der Waals surface area (Å²) in [6.07, 6.45) is 1.76. The predicted octanol–water partition coefficient (Wildman–Crippen LogP) is 7.44. The molecule has 0 bridgehead atoms. The zero-order chi connectivity index (χ0) is 41.4. The van der Waals surface area contributed by atoms with Gasteiger partial charge in [0.1, 0.15) is 22.8 Å². The maximum absolute atomic E-state index is 13.0. The van der Waals surface area contributed by atoms with Crippen molar-refractivity contribution in [3.63, 3.8) is 0 Å². The predicted molar refractivity (Wildman–Crippen MR) is 214 cm³/mol. The molecule has 0 aromatic heterocycles. The zero-order valence-corrected chi connectivity index (χ0v) is 31.2. The Kier molecular flexibility index (Phi) is 12.6. The van der Waals surface area contributed by atoms with Gasteiger partial charge in [0, 0.05) is 58.6 Å². The summed E-state index contributed by atoms with van der Waals surface area (Å²) in [5.74, 6) is -4.07. The number of nitrogens with one attached hydrogen (secondary N) is 3. The number of aromatic carboxylic acids is 1. The lowest BCUT2D eigenvalue weighted by Crippen LogP contribution is -2.16. The van der Waals surface area contributed by atoms with E-state index in [1.807, 2.05) is 0 Å². The molecule has 5 aromatic carbocycles. The van der Waals surface area contributed by atoms with Crippen molar-refractivity contribution in [2.75, 3.05) is 16.0 Å². The van der Waals surface area contributed by atoms with Crippen molar-refractivity contribution < 1.29 is 49.2 Å². The maximum atomic E-state index is 13.0. The van der Waals surface area contributed by atoms with Crippen LogP contribution in [0.5, 0.6) is 17.2 Å². The van der Waals surface area contributed by atoms with Crippen LogP contribution in [-0.4, -0.2) is 55.7 Å². The number of carboxylic acids is 1. The van der Waals surface area contributed by atoms with Crippen LogP contribution in [0.1, 0.15) is 83.5 Å². The minimum atomic E-state index is -1.33. The van der Waals surface area contributed by atoms with E-state index in [1.54, 1.807) is 61.5 Å². The molecule has 5 aromatic rings. The van der Waals surface area contributed by atoms with Crippen LogP contribution in [0.25, 0.3) is 6.08 Å². The molecule has 0 fully saturated rings. The Balaban J connectivity index is 1.10. The van der Waals surface area contributed by atoms with E-state index in [0.29, 0.717) is 16.8 Å². The SMILES string of the molecule is C/C(=C\c1ccc(O)cc1)C(=O)Cc1ccc(C(=O)CCC(=O)Nc2ccc(C(=O)Nc3ccc(C(=O)Nc4ccc(C(=O)O)c(O)c4C)c(O)c3C)cc2)cc1. The van der Waals surface area contributed by atoms with Crippen molar-refractivity contribution in [2.45, 2.75) is 40.0 Å². The van der Waals surface area contributed by atoms with Crippen LogP contribution in [0.3, 0.4) is 0 Å². The number of benzene rings is 5. The zero-order valence-electron chi connectivity index (χ0n) is 31.2. The molecule has 0 heterocycles. The van der Waals surface area contributed by atoms with Crippen LogP contribution in [0.15, 0.2) is 103 Å². The molecule has 0 saturated carbocycles. The second kappa shape index (κ2) is 17.7. The van der Waals surface area contributed by atoms with Crippen LogP contribution < -0.4 is 16.0 Å². The fraction of sp³-hybridized carbons (Fsp3) is 0.136. The second-order valence-electron chi connectivity index (χ2n) is 13.2. The van der Waals surface area contributed by atoms with Gasteiger partial charge in [-0.1, -0.05) is 36.4 Å². The summed E-state index contributed by atoms with van der Waals surface area (Å²) in [7, 11) is 0. The number of phenolic OH excluding ortho intramolecular Hbond substituents is 2. The number of aromatic hydroxyl groups is 3. The van der Waals surface area contributed by atoms with Gasteiger partial charge in [0.2, 0.25) is 5.91 Å². The first-order chi connectivity index (χ1) is 27.1. The highest BCUT2D eigenvalue weighted by Gasteiger charge is 2.20. The smallest absolute Gasteiger partial charge is 0.339 e. The molecule has 290 valence electrons. The normalized spacial score (nSPS) is 11.0. The highest BCUT2D eigenvalue weighted by molar-refractivity contribution is 6.09. The average molecular weight is 770 g/mol. The maximum Gasteiger partial charge on any atom is 0.339 e. The Morgan fingerprint density at radius 2 is 1.14 bits per heavy atom. The molecule has 0 aliphatic heterocycles. The van der Waals surface area contributed by atoms with E-state index < -0.39 is 35.2 Å². The van der Waals surface area contributed by atoms with E-state index in [1.165, 1.54) is 56.3 Å². The lowest BCUT2D eigenvalue weighted by Gasteiger charge is -2.15. The molecule has 5 rings (SSSR count). The number of hydrogen-bond acceptors (Lipinski definition) is 9. The Labute approximate surface area is 327 Å². The van der Waals surface area contributed by atoms with E-state index in [9.17, 15) is 49.2 Å². The molecule has 0 unspecified atom stereocenters. The number of anilines is 3. The highest BCUT2D eigenvalue weighted by atomic mass is 16.4. The van der Waals surface area contributed by atoms with Gasteiger partial charge in [0.05, 0.1) is 5.56 Å². The van der Waals surface area contributed by atoms with Gasteiger partial charge in [-0.05, 0) is 104 Å². The lowest BCUT2D eigenvalue weighted by molar-refractivity contribution is -0.116. The number of Topliss-reactive ketones (excluding diaryl/α,β-unsaturated/α-hetero) is 2. The number of amides is 3. The number of ketones is 2. The molecule has 0 atom stereocenters. The van der Waals surface area contributed by atoms with Crippen molar-refractivity contribution >= 4 is 58.4 Å². The van der Waals surface area contributed by atoms with Gasteiger partial charge in [-0.15, -0.1) is 0 Å². The third kappa shape index (κ3) is 10.2. The van der Waals surface area contributed by atoms with Gasteiger partial charge in [-0.2, -0.15) is 0 Å². The van der Waals surface area contributed by atoms with E-state index in [-0.39, 0.29) is 75.8 Å². The number of carboxylic acid groups (broad SMARTS) is 1. The summed E-state index contributed by atoms with van der Waals surface area (Å²) < 4.78 is 0. The molecule has 0 aliphatic carbocycles. The summed E-state index contributed by atoms with van der Waals surface area (Å²) in [4.78, 5) is 75.4. The minimum Gasteiger partial charge on any atom is -0.508 e. The largest absolute Gasteiger partial charge is 0.508 e. The molecular weight excluding hydrogens is 730 g/mol. The van der Waals surface area contributed by atoms with Crippen LogP contribution in [0.2, 0.25) is 0 Å². The Hall–Kier alpha value is -7.54. The van der Waals surface area contributed by atoms with Crippen LogP contribution in [0.4, 0.5) is 17.1 Å². The van der Waals surface area contributed by atoms with Gasteiger partial charge in [0.25, 0.3) is 11.8 Å². The standard InChI is InChI=1S/C44H39N3O10/c1-24(22-27-6-14-32(48)15-7-27)38(50)23-28-4-8-29(9-5-28)37(49)20-21-39(51)45-31-12-10-30(11-13-31)42(54)46-35-18-16-33(40(52)25(35)2)43(55)47-36-19-17-34(44(56)57)41(53)26(36)3/h4-19,22,48,52-53H,20-21,23H2,1-3H3,(H,45,51)(H,46,54)(H,47,55)(H,56,57)/b24-22+. The monoisotopic (exact) mass is 769 g/mol. The summed E-state index contributed by atoms with van der Waals surface area (Å²) >= 11 is 0. The fourth-order valence-electron chi connectivity index (χ4n) is 5.75. The summed E-state index contributed by atoms with van der Waals surface area (Å²) in [6.45, 7) is 4.66. The Morgan fingerprint density at radius 1 is 0.596 bits per heavy atom. The van der Waals surface area contributed by atoms with Crippen LogP contribution in [0, 0.1) is 13.8 Å². The molecule has 7 N–H and O–H groups in total. The van der Waals surface area contributed by atoms with E-state index in [4.69, 9.17) is 0 Å². The molecule has 0 aliphatic rings. The Bertz CT molecular complexity index is 2420. The van der Waals surface area contributed by atoms with E-state index in [2.05, 4.69) is 16.0 Å². The highest BCUT2D eigenvalue weighted by Crippen LogP contribution is 2.32. The topological polar surface area (TPSA) is 219 Å². The molecule has 0 saturated heterocycles. The number of carbonyl (C=O) groups is 6. The lowest BCUT2D eigenvalue weighted by atomic mass is 9.99. The van der Waals surface area contributed by atoms with Crippen LogP contribution >= 0.6 is 0 Å². The summed E-state index contributed by atoms with van der Waals surface area (Å²) in [6, 6.07) is 24.4. The number of hydrogen-bond donors (Lipinski definition) is 7. The Morgan fingerprint density at radius 3 is 1.74 bits per heavy atom. The molecule has 0 radical (unpaired) electrons. The summed E-state index contributed by atoms with van der Waals surface area (Å²) in [5.41, 5.74) is 3.38. The number of phenols is 3. The third-order valence-corrected chi connectivity index (χ3v) is 9.20. The average Bonchev–Trinajstić information content (AvgIpc) is 3.18. The first-order valence-electron chi connectivity index (χ1n) is 17.6. The first kappa shape index (κ1) is 40.6. The fourth-order valence-corrected chi connectivity index (χ4v) is 5.75. The van der Waals surface area contributed by atoms with Crippen molar-refractivity contribution in [3.05, 3.63) is 147 Å². The number of rotatable bonds is 14. The van der Waals surface area contributed by atoms with Gasteiger partial charge in [0.15, 0.2) is 11.6 Å². The minimum absolute atomic E-state index is 0.0468. The summed E-state index contributed by atoms with van der Waals surface area (Å²) in [5, 5.41) is 47.5. The molecular formula is C44H39N3O10. The van der Waals surface area contributed by atoms with Gasteiger partial charge >= 0.3 is 5.97 Å². The van der Waals surface area contributed by atoms with Crippen molar-refractivity contribution in [2.24, 2.45) is 0 Å². The molecule has 13 nitrogen and oxygen atoms in total. The van der Waals surface area contributed by atoms with Crippen molar-refractivity contribution in [1.82, 2.24) is 0 Å². The number of carbonyl (C=O) groups excluding carboxylic acids is 5. The second-order valence-corrected chi connectivity index (χ2v) is 13.2. The molecule has 13 heteroatoms. The van der Waals surface area contributed by atoms with Gasteiger partial charge in [-0.25, -0.2) is 4.79 Å². The first-order valence-corrected chi connectivity index (χ1v) is 17.6. The molecule has 3 amide bonds. The van der Waals surface area contributed by atoms with Gasteiger partial charge in [-0.3, -0.25) is 24.0 Å². The van der Waals surface area contributed by atoms with Crippen molar-refractivity contribution in [1.29, 1.82) is 0 Å². The van der Waals surface area contributed by atoms with Crippen molar-refractivity contribution in [3.8, 4) is 17.2 Å². The van der Waals surface area contributed by atoms with E-state index >= 15 is 0 Å². The quantitative estimate of drug-likeness (QED) is 0.0437. The molecule has 0 spiro atoms. The van der Waals surface area contributed by atoms with Crippen LogP contribution in [-0.2, 0) is 16.0 Å². The van der Waals surface area contributed by atoms with Gasteiger partial charge < -0.3 is 36.4 Å².